The van der Waals surface area contributed by atoms with Gasteiger partial charge in [0.2, 0.25) is 0 Å². The van der Waals surface area contributed by atoms with E-state index in [-0.39, 0.29) is 18.3 Å². The topological polar surface area (TPSA) is 51.5 Å². The van der Waals surface area contributed by atoms with Crippen LogP contribution in [-0.2, 0) is 16.1 Å². The summed E-state index contributed by atoms with van der Waals surface area (Å²) in [4.78, 5) is 25.3. The first kappa shape index (κ1) is 16.6. The van der Waals surface area contributed by atoms with E-state index in [0.29, 0.717) is 23.8 Å². The summed E-state index contributed by atoms with van der Waals surface area (Å²) in [5, 5.41) is 0.547. The van der Waals surface area contributed by atoms with Gasteiger partial charge in [0.1, 0.15) is 5.69 Å². The summed E-state index contributed by atoms with van der Waals surface area (Å²) in [7, 11) is 1.34. The first-order chi connectivity index (χ1) is 9.53. The lowest BCUT2D eigenvalue weighted by Gasteiger charge is -2.21. The number of aromatic nitrogens is 1. The molecule has 5 nitrogen and oxygen atoms in total. The van der Waals surface area contributed by atoms with Crippen LogP contribution in [0.4, 0.5) is 0 Å². The van der Waals surface area contributed by atoms with Crippen LogP contribution in [-0.4, -0.2) is 41.5 Å². The van der Waals surface area contributed by atoms with E-state index in [1.807, 2.05) is 18.4 Å². The van der Waals surface area contributed by atoms with Gasteiger partial charge in [0.15, 0.2) is 0 Å². The summed E-state index contributed by atoms with van der Waals surface area (Å²) in [6.07, 6.45) is 2.87. The molecule has 0 spiro atoms. The highest BCUT2D eigenvalue weighted by Crippen LogP contribution is 2.17. The van der Waals surface area contributed by atoms with E-state index >= 15 is 0 Å². The van der Waals surface area contributed by atoms with Crippen LogP contribution in [0.2, 0.25) is 5.02 Å². The van der Waals surface area contributed by atoms with Crippen molar-refractivity contribution in [2.24, 2.45) is 0 Å². The average molecular weight is 301 g/mol. The van der Waals surface area contributed by atoms with Gasteiger partial charge in [-0.1, -0.05) is 18.5 Å². The minimum Gasteiger partial charge on any atom is -0.469 e. The Labute approximate surface area is 124 Å². The van der Waals surface area contributed by atoms with Crippen LogP contribution in [0.5, 0.6) is 0 Å². The van der Waals surface area contributed by atoms with Gasteiger partial charge in [-0.3, -0.25) is 9.59 Å². The van der Waals surface area contributed by atoms with Crippen molar-refractivity contribution in [2.75, 3.05) is 20.2 Å². The first-order valence-corrected chi connectivity index (χ1v) is 7.13. The lowest BCUT2D eigenvalue weighted by atomic mass is 10.3. The van der Waals surface area contributed by atoms with Crippen molar-refractivity contribution in [3.63, 3.8) is 0 Å². The number of carbonyl (C=O) groups is 2. The molecule has 0 radical (unpaired) electrons. The Morgan fingerprint density at radius 2 is 2.10 bits per heavy atom. The molecule has 0 N–H and O–H groups in total. The second kappa shape index (κ2) is 7.94. The number of hydrogen-bond acceptors (Lipinski definition) is 3. The molecule has 0 saturated heterocycles. The molecule has 1 heterocycles. The maximum Gasteiger partial charge on any atom is 0.307 e. The number of carbonyl (C=O) groups excluding carboxylic acids is 2. The minimum atomic E-state index is -0.321. The van der Waals surface area contributed by atoms with Gasteiger partial charge in [-0.05, 0) is 19.4 Å². The van der Waals surface area contributed by atoms with Crippen molar-refractivity contribution in [1.82, 2.24) is 9.47 Å². The molecule has 1 rings (SSSR count). The molecule has 6 heteroatoms. The minimum absolute atomic E-state index is 0.114. The molecule has 0 fully saturated rings. The van der Waals surface area contributed by atoms with Gasteiger partial charge in [0.05, 0.1) is 18.6 Å². The number of ether oxygens (including phenoxy) is 1. The van der Waals surface area contributed by atoms with Crippen LogP contribution in [0, 0.1) is 0 Å². The standard InChI is InChI=1S/C14H21ClN2O3/c1-4-7-17-10-11(15)9-12(17)14(19)16(5-2)8-6-13(18)20-3/h9-10H,4-8H2,1-3H3. The molecule has 0 aliphatic carbocycles. The predicted octanol–water partition coefficient (Wildman–Crippen LogP) is 2.58. The number of halogens is 1. The highest BCUT2D eigenvalue weighted by atomic mass is 35.5. The summed E-state index contributed by atoms with van der Waals surface area (Å²) in [5.41, 5.74) is 0.559. The van der Waals surface area contributed by atoms with Crippen molar-refractivity contribution in [2.45, 2.75) is 33.2 Å². The van der Waals surface area contributed by atoms with Gasteiger partial charge in [0, 0.05) is 25.8 Å². The maximum absolute atomic E-state index is 12.5. The molecule has 1 aromatic rings. The van der Waals surface area contributed by atoms with E-state index in [4.69, 9.17) is 11.6 Å². The highest BCUT2D eigenvalue weighted by molar-refractivity contribution is 6.31. The largest absolute Gasteiger partial charge is 0.469 e. The fourth-order valence-corrected chi connectivity index (χ4v) is 2.19. The monoisotopic (exact) mass is 300 g/mol. The molecule has 0 aliphatic heterocycles. The van der Waals surface area contributed by atoms with Gasteiger partial charge in [0.25, 0.3) is 5.91 Å². The van der Waals surface area contributed by atoms with Crippen LogP contribution < -0.4 is 0 Å². The van der Waals surface area contributed by atoms with Gasteiger partial charge < -0.3 is 14.2 Å². The Morgan fingerprint density at radius 3 is 2.65 bits per heavy atom. The summed E-state index contributed by atoms with van der Waals surface area (Å²) in [6, 6.07) is 1.67. The van der Waals surface area contributed by atoms with Gasteiger partial charge in [-0.15, -0.1) is 0 Å². The number of methoxy groups -OCH3 is 1. The number of esters is 1. The molecule has 1 amide bonds. The molecule has 0 saturated carbocycles. The molecular formula is C14H21ClN2O3. The van der Waals surface area contributed by atoms with E-state index < -0.39 is 0 Å². The smallest absolute Gasteiger partial charge is 0.307 e. The molecule has 0 unspecified atom stereocenters. The molecular weight excluding hydrogens is 280 g/mol. The number of nitrogens with zero attached hydrogens (tertiary/aromatic N) is 2. The van der Waals surface area contributed by atoms with Crippen molar-refractivity contribution in [3.05, 3.63) is 23.0 Å². The summed E-state index contributed by atoms with van der Waals surface area (Å²) >= 11 is 5.98. The lowest BCUT2D eigenvalue weighted by Crippen LogP contribution is -2.34. The van der Waals surface area contributed by atoms with E-state index in [1.165, 1.54) is 7.11 Å². The summed E-state index contributed by atoms with van der Waals surface area (Å²) in [5.74, 6) is -0.435. The molecule has 0 atom stereocenters. The molecule has 1 aromatic heterocycles. The first-order valence-electron chi connectivity index (χ1n) is 6.75. The zero-order chi connectivity index (χ0) is 15.1. The average Bonchev–Trinajstić information content (AvgIpc) is 2.80. The number of aryl methyl sites for hydroxylation is 1. The Balaban J connectivity index is 2.82. The van der Waals surface area contributed by atoms with E-state index in [1.54, 1.807) is 17.2 Å². The third kappa shape index (κ3) is 4.27. The lowest BCUT2D eigenvalue weighted by molar-refractivity contribution is -0.140. The Bertz CT molecular complexity index is 471. The number of hydrogen-bond donors (Lipinski definition) is 0. The van der Waals surface area contributed by atoms with E-state index in [9.17, 15) is 9.59 Å². The van der Waals surface area contributed by atoms with Crippen LogP contribution in [0.25, 0.3) is 0 Å². The third-order valence-corrected chi connectivity index (χ3v) is 3.24. The zero-order valence-electron chi connectivity index (χ0n) is 12.2. The normalized spacial score (nSPS) is 10.4. The summed E-state index contributed by atoms with van der Waals surface area (Å²) in [6.45, 7) is 5.53. The quantitative estimate of drug-likeness (QED) is 0.727. The second-order valence-electron chi connectivity index (χ2n) is 4.45. The van der Waals surface area contributed by atoms with Crippen LogP contribution >= 0.6 is 11.6 Å². The fourth-order valence-electron chi connectivity index (χ4n) is 1.97. The van der Waals surface area contributed by atoms with Crippen molar-refractivity contribution < 1.29 is 14.3 Å². The van der Waals surface area contributed by atoms with Crippen LogP contribution in [0.3, 0.4) is 0 Å². The second-order valence-corrected chi connectivity index (χ2v) is 4.88. The molecule has 0 bridgehead atoms. The van der Waals surface area contributed by atoms with Crippen LogP contribution in [0.15, 0.2) is 12.3 Å². The molecule has 0 aromatic carbocycles. The predicted molar refractivity (Wildman–Crippen MR) is 77.9 cm³/mol. The van der Waals surface area contributed by atoms with Crippen molar-refractivity contribution >= 4 is 23.5 Å². The fraction of sp³-hybridized carbons (Fsp3) is 0.571. The Kier molecular flexibility index (Phi) is 6.58. The van der Waals surface area contributed by atoms with E-state index in [0.717, 1.165) is 13.0 Å². The maximum atomic E-state index is 12.5. The zero-order valence-corrected chi connectivity index (χ0v) is 12.9. The van der Waals surface area contributed by atoms with Gasteiger partial charge >= 0.3 is 5.97 Å². The Morgan fingerprint density at radius 1 is 1.40 bits per heavy atom. The van der Waals surface area contributed by atoms with Crippen LogP contribution in [0.1, 0.15) is 37.2 Å². The Hall–Kier alpha value is -1.49. The number of amides is 1. The molecule has 20 heavy (non-hydrogen) atoms. The third-order valence-electron chi connectivity index (χ3n) is 3.03. The van der Waals surface area contributed by atoms with Crippen molar-refractivity contribution in [3.8, 4) is 0 Å². The van der Waals surface area contributed by atoms with Gasteiger partial charge in [-0.25, -0.2) is 0 Å². The number of rotatable bonds is 7. The highest BCUT2D eigenvalue weighted by Gasteiger charge is 2.19. The van der Waals surface area contributed by atoms with Gasteiger partial charge in [-0.2, -0.15) is 0 Å². The summed E-state index contributed by atoms with van der Waals surface area (Å²) < 4.78 is 6.45. The molecule has 112 valence electrons. The van der Waals surface area contributed by atoms with E-state index in [2.05, 4.69) is 4.74 Å². The van der Waals surface area contributed by atoms with Crippen molar-refractivity contribution in [1.29, 1.82) is 0 Å². The molecule has 0 aliphatic rings. The SMILES string of the molecule is CCCn1cc(Cl)cc1C(=O)N(CC)CCC(=O)OC.